The molecular weight excluding hydrogens is 284 g/mol. The van der Waals surface area contributed by atoms with E-state index in [4.69, 9.17) is 4.74 Å². The van der Waals surface area contributed by atoms with Gasteiger partial charge in [-0.1, -0.05) is 54.6 Å². The van der Waals surface area contributed by atoms with Crippen LogP contribution in [0, 0.1) is 0 Å². The predicted molar refractivity (Wildman–Crippen MR) is 94.6 cm³/mol. The van der Waals surface area contributed by atoms with E-state index in [1.165, 1.54) is 11.1 Å². The van der Waals surface area contributed by atoms with E-state index in [-0.39, 0.29) is 6.04 Å². The Morgan fingerprint density at radius 1 is 1.04 bits per heavy atom. The van der Waals surface area contributed by atoms with Crippen LogP contribution in [-0.2, 0) is 6.61 Å². The summed E-state index contributed by atoms with van der Waals surface area (Å²) in [6, 6.07) is 18.8. The van der Waals surface area contributed by atoms with Crippen LogP contribution in [0.1, 0.15) is 17.2 Å². The van der Waals surface area contributed by atoms with Gasteiger partial charge in [-0.3, -0.25) is 4.90 Å². The Balaban J connectivity index is 1.77. The molecule has 1 heterocycles. The standard InChI is InChI=1S/C20H24N2O/c1-2-19(22-14-12-21-13-15-22)18-10-6-7-11-20(18)23-16-17-8-4-3-5-9-17/h2-11,19,21H,1,12-16H2/t19-/m1/s1. The average Bonchev–Trinajstić information content (AvgIpc) is 2.63. The first-order valence-electron chi connectivity index (χ1n) is 8.21. The molecule has 1 aliphatic rings. The van der Waals surface area contributed by atoms with E-state index in [2.05, 4.69) is 47.1 Å². The van der Waals surface area contributed by atoms with Crippen molar-refractivity contribution < 1.29 is 4.74 Å². The molecule has 1 atom stereocenters. The number of nitrogens with zero attached hydrogens (tertiary/aromatic N) is 1. The predicted octanol–water partition coefficient (Wildman–Crippen LogP) is 3.40. The van der Waals surface area contributed by atoms with E-state index in [9.17, 15) is 0 Å². The highest BCUT2D eigenvalue weighted by molar-refractivity contribution is 5.38. The van der Waals surface area contributed by atoms with Gasteiger partial charge < -0.3 is 10.1 Å². The number of hydrogen-bond acceptors (Lipinski definition) is 3. The van der Waals surface area contributed by atoms with Gasteiger partial charge in [0.25, 0.3) is 0 Å². The van der Waals surface area contributed by atoms with Gasteiger partial charge in [-0.05, 0) is 11.6 Å². The molecule has 2 aromatic rings. The topological polar surface area (TPSA) is 24.5 Å². The van der Waals surface area contributed by atoms with Crippen molar-refractivity contribution in [2.45, 2.75) is 12.6 Å². The molecule has 0 spiro atoms. The lowest BCUT2D eigenvalue weighted by Gasteiger charge is -2.34. The number of piperazine rings is 1. The first kappa shape index (κ1) is 15.8. The Labute approximate surface area is 138 Å². The van der Waals surface area contributed by atoms with Gasteiger partial charge in [-0.15, -0.1) is 6.58 Å². The van der Waals surface area contributed by atoms with Crippen LogP contribution in [0.2, 0.25) is 0 Å². The Morgan fingerprint density at radius 3 is 2.48 bits per heavy atom. The maximum absolute atomic E-state index is 6.11. The zero-order valence-corrected chi connectivity index (χ0v) is 13.4. The van der Waals surface area contributed by atoms with Crippen LogP contribution < -0.4 is 10.1 Å². The van der Waals surface area contributed by atoms with Crippen LogP contribution in [0.5, 0.6) is 5.75 Å². The van der Waals surface area contributed by atoms with E-state index in [0.717, 1.165) is 31.9 Å². The number of benzene rings is 2. The van der Waals surface area contributed by atoms with Crippen molar-refractivity contribution in [3.05, 3.63) is 78.4 Å². The largest absolute Gasteiger partial charge is 0.489 e. The maximum Gasteiger partial charge on any atom is 0.124 e. The van der Waals surface area contributed by atoms with Gasteiger partial charge in [0.05, 0.1) is 6.04 Å². The lowest BCUT2D eigenvalue weighted by molar-refractivity contribution is 0.197. The van der Waals surface area contributed by atoms with Crippen molar-refractivity contribution in [2.75, 3.05) is 26.2 Å². The molecule has 0 radical (unpaired) electrons. The fraction of sp³-hybridized carbons (Fsp3) is 0.300. The van der Waals surface area contributed by atoms with Crippen molar-refractivity contribution in [1.29, 1.82) is 0 Å². The molecule has 3 heteroatoms. The Kier molecular flexibility index (Phi) is 5.46. The molecule has 1 N–H and O–H groups in total. The van der Waals surface area contributed by atoms with Gasteiger partial charge in [0.1, 0.15) is 12.4 Å². The molecule has 0 amide bonds. The second-order valence-corrected chi connectivity index (χ2v) is 5.78. The van der Waals surface area contributed by atoms with Gasteiger partial charge in [0.2, 0.25) is 0 Å². The van der Waals surface area contributed by atoms with E-state index < -0.39 is 0 Å². The Bertz CT molecular complexity index is 621. The van der Waals surface area contributed by atoms with Crippen LogP contribution in [0.25, 0.3) is 0 Å². The Morgan fingerprint density at radius 2 is 1.74 bits per heavy atom. The van der Waals surface area contributed by atoms with Crippen molar-refractivity contribution >= 4 is 0 Å². The molecule has 0 unspecified atom stereocenters. The lowest BCUT2D eigenvalue weighted by Crippen LogP contribution is -2.44. The summed E-state index contributed by atoms with van der Waals surface area (Å²) in [4.78, 5) is 2.45. The third kappa shape index (κ3) is 4.01. The van der Waals surface area contributed by atoms with Crippen molar-refractivity contribution in [3.63, 3.8) is 0 Å². The number of rotatable bonds is 6. The van der Waals surface area contributed by atoms with Crippen LogP contribution in [0.4, 0.5) is 0 Å². The molecule has 1 fully saturated rings. The van der Waals surface area contributed by atoms with E-state index in [1.54, 1.807) is 0 Å². The molecular formula is C20H24N2O. The lowest BCUT2D eigenvalue weighted by atomic mass is 10.0. The summed E-state index contributed by atoms with van der Waals surface area (Å²) in [5.74, 6) is 0.944. The molecule has 0 saturated carbocycles. The highest BCUT2D eigenvalue weighted by Gasteiger charge is 2.22. The van der Waals surface area contributed by atoms with Gasteiger partial charge in [0.15, 0.2) is 0 Å². The van der Waals surface area contributed by atoms with Crippen molar-refractivity contribution in [3.8, 4) is 5.75 Å². The van der Waals surface area contributed by atoms with Gasteiger partial charge >= 0.3 is 0 Å². The van der Waals surface area contributed by atoms with Crippen LogP contribution in [0.3, 0.4) is 0 Å². The minimum Gasteiger partial charge on any atom is -0.489 e. The Hall–Kier alpha value is -2.10. The normalized spacial score (nSPS) is 16.7. The SMILES string of the molecule is C=C[C@H](c1ccccc1OCc1ccccc1)N1CCNCC1. The summed E-state index contributed by atoms with van der Waals surface area (Å²) < 4.78 is 6.11. The van der Waals surface area contributed by atoms with Crippen LogP contribution in [-0.4, -0.2) is 31.1 Å². The molecule has 120 valence electrons. The van der Waals surface area contributed by atoms with Gasteiger partial charge in [0, 0.05) is 31.7 Å². The highest BCUT2D eigenvalue weighted by Crippen LogP contribution is 2.31. The number of ether oxygens (including phenoxy) is 1. The molecule has 3 nitrogen and oxygen atoms in total. The van der Waals surface area contributed by atoms with E-state index >= 15 is 0 Å². The first-order valence-corrected chi connectivity index (χ1v) is 8.21. The van der Waals surface area contributed by atoms with Gasteiger partial charge in [-0.25, -0.2) is 0 Å². The van der Waals surface area contributed by atoms with Crippen LogP contribution in [0.15, 0.2) is 67.3 Å². The number of nitrogens with one attached hydrogen (secondary N) is 1. The third-order valence-electron chi connectivity index (χ3n) is 4.24. The molecule has 23 heavy (non-hydrogen) atoms. The van der Waals surface area contributed by atoms with Crippen LogP contribution >= 0.6 is 0 Å². The summed E-state index contributed by atoms with van der Waals surface area (Å²) in [6.45, 7) is 8.75. The fourth-order valence-corrected chi connectivity index (χ4v) is 3.02. The minimum absolute atomic E-state index is 0.198. The zero-order chi connectivity index (χ0) is 15.9. The average molecular weight is 308 g/mol. The molecule has 3 rings (SSSR count). The molecule has 0 bridgehead atoms. The number of hydrogen-bond donors (Lipinski definition) is 1. The third-order valence-corrected chi connectivity index (χ3v) is 4.24. The van der Waals surface area contributed by atoms with Crippen molar-refractivity contribution in [2.24, 2.45) is 0 Å². The highest BCUT2D eigenvalue weighted by atomic mass is 16.5. The summed E-state index contributed by atoms with van der Waals surface area (Å²) in [5, 5.41) is 3.40. The quantitative estimate of drug-likeness (QED) is 0.828. The van der Waals surface area contributed by atoms with Gasteiger partial charge in [-0.2, -0.15) is 0 Å². The molecule has 0 aromatic heterocycles. The first-order chi connectivity index (χ1) is 11.4. The number of para-hydroxylation sites is 1. The molecule has 1 aliphatic heterocycles. The summed E-state index contributed by atoms with van der Waals surface area (Å²) in [6.07, 6.45) is 2.02. The summed E-state index contributed by atoms with van der Waals surface area (Å²) in [7, 11) is 0. The molecule has 0 aliphatic carbocycles. The summed E-state index contributed by atoms with van der Waals surface area (Å²) >= 11 is 0. The van der Waals surface area contributed by atoms with E-state index in [1.807, 2.05) is 30.3 Å². The second-order valence-electron chi connectivity index (χ2n) is 5.78. The molecule has 1 saturated heterocycles. The maximum atomic E-state index is 6.11. The second kappa shape index (κ2) is 7.95. The smallest absolute Gasteiger partial charge is 0.124 e. The molecule has 2 aromatic carbocycles. The van der Waals surface area contributed by atoms with Crippen molar-refractivity contribution in [1.82, 2.24) is 10.2 Å². The van der Waals surface area contributed by atoms with E-state index in [0.29, 0.717) is 6.61 Å². The summed E-state index contributed by atoms with van der Waals surface area (Å²) in [5.41, 5.74) is 2.37. The fourth-order valence-electron chi connectivity index (χ4n) is 3.02. The minimum atomic E-state index is 0.198. The monoisotopic (exact) mass is 308 g/mol. The zero-order valence-electron chi connectivity index (χ0n) is 13.4.